The number of sulfonamides is 1. The number of ether oxygens (including phenoxy) is 1. The highest BCUT2D eigenvalue weighted by molar-refractivity contribution is 7.92. The number of unbranched alkanes of at least 4 members (excludes halogenated alkanes) is 1. The van der Waals surface area contributed by atoms with Crippen LogP contribution in [-0.2, 0) is 26.2 Å². The van der Waals surface area contributed by atoms with Crippen molar-refractivity contribution in [2.75, 3.05) is 24.5 Å². The smallest absolute Gasteiger partial charge is 0.264 e. The Morgan fingerprint density at radius 1 is 0.974 bits per heavy atom. The van der Waals surface area contributed by atoms with Gasteiger partial charge in [-0.1, -0.05) is 61.9 Å². The van der Waals surface area contributed by atoms with Crippen molar-refractivity contribution in [1.29, 1.82) is 0 Å². The number of hydrogen-bond acceptors (Lipinski definition) is 5. The zero-order valence-corrected chi connectivity index (χ0v) is 23.8. The minimum absolute atomic E-state index is 0.0748. The Hall–Kier alpha value is -3.85. The Kier molecular flexibility index (Phi) is 10.5. The SMILES string of the molecule is CCCCNC(=O)[C@@H](C)N(Cc1cccc(OC)c1)C(=O)CN(c1ccccc1C)S(=O)(=O)c1ccccc1. The number of carbonyl (C=O) groups is 2. The third-order valence-corrected chi connectivity index (χ3v) is 8.25. The molecule has 0 saturated carbocycles. The van der Waals surface area contributed by atoms with E-state index in [2.05, 4.69) is 5.32 Å². The molecule has 0 unspecified atom stereocenters. The molecule has 0 aliphatic rings. The molecule has 0 spiro atoms. The zero-order chi connectivity index (χ0) is 28.4. The summed E-state index contributed by atoms with van der Waals surface area (Å²) in [6.45, 7) is 5.61. The van der Waals surface area contributed by atoms with E-state index in [9.17, 15) is 18.0 Å². The van der Waals surface area contributed by atoms with Crippen molar-refractivity contribution in [3.8, 4) is 5.75 Å². The first kappa shape index (κ1) is 29.7. The number of nitrogens with one attached hydrogen (secondary N) is 1. The van der Waals surface area contributed by atoms with E-state index in [0.29, 0.717) is 23.5 Å². The maximum atomic E-state index is 14.0. The molecule has 3 aromatic rings. The van der Waals surface area contributed by atoms with Gasteiger partial charge in [-0.25, -0.2) is 8.42 Å². The maximum Gasteiger partial charge on any atom is 0.264 e. The Morgan fingerprint density at radius 3 is 2.33 bits per heavy atom. The van der Waals surface area contributed by atoms with Crippen molar-refractivity contribution in [2.24, 2.45) is 0 Å². The minimum Gasteiger partial charge on any atom is -0.497 e. The normalized spacial score (nSPS) is 11.9. The van der Waals surface area contributed by atoms with Crippen LogP contribution in [0.2, 0.25) is 0 Å². The monoisotopic (exact) mass is 551 g/mol. The molecule has 0 aliphatic heterocycles. The van der Waals surface area contributed by atoms with Crippen LogP contribution in [0, 0.1) is 6.92 Å². The van der Waals surface area contributed by atoms with Crippen molar-refractivity contribution >= 4 is 27.5 Å². The predicted molar refractivity (Wildman–Crippen MR) is 153 cm³/mol. The molecule has 3 rings (SSSR count). The number of rotatable bonds is 13. The van der Waals surface area contributed by atoms with Gasteiger partial charge >= 0.3 is 0 Å². The number of anilines is 1. The molecule has 8 nitrogen and oxygen atoms in total. The molecule has 39 heavy (non-hydrogen) atoms. The fourth-order valence-corrected chi connectivity index (χ4v) is 5.66. The van der Waals surface area contributed by atoms with Gasteiger partial charge in [0.05, 0.1) is 17.7 Å². The zero-order valence-electron chi connectivity index (χ0n) is 23.0. The van der Waals surface area contributed by atoms with Crippen LogP contribution in [0.4, 0.5) is 5.69 Å². The van der Waals surface area contributed by atoms with Crippen molar-refractivity contribution in [2.45, 2.75) is 51.1 Å². The first-order valence-electron chi connectivity index (χ1n) is 13.0. The van der Waals surface area contributed by atoms with E-state index in [0.717, 1.165) is 22.7 Å². The number of aryl methyl sites for hydroxylation is 1. The fourth-order valence-electron chi connectivity index (χ4n) is 4.16. The van der Waals surface area contributed by atoms with Crippen molar-refractivity contribution < 1.29 is 22.7 Å². The molecule has 3 aromatic carbocycles. The summed E-state index contributed by atoms with van der Waals surface area (Å²) in [4.78, 5) is 28.5. The average Bonchev–Trinajstić information content (AvgIpc) is 2.95. The highest BCUT2D eigenvalue weighted by Gasteiger charge is 2.33. The molecule has 2 amide bonds. The number of amides is 2. The van der Waals surface area contributed by atoms with E-state index in [1.165, 1.54) is 17.0 Å². The Morgan fingerprint density at radius 2 is 1.67 bits per heavy atom. The molecule has 208 valence electrons. The summed E-state index contributed by atoms with van der Waals surface area (Å²) >= 11 is 0. The number of carbonyl (C=O) groups excluding carboxylic acids is 2. The lowest BCUT2D eigenvalue weighted by atomic mass is 10.1. The van der Waals surface area contributed by atoms with Crippen molar-refractivity contribution in [3.05, 3.63) is 90.0 Å². The van der Waals surface area contributed by atoms with E-state index in [4.69, 9.17) is 4.74 Å². The van der Waals surface area contributed by atoms with Crippen LogP contribution in [-0.4, -0.2) is 51.4 Å². The largest absolute Gasteiger partial charge is 0.497 e. The molecule has 0 bridgehead atoms. The van der Waals surface area contributed by atoms with Gasteiger partial charge in [0.2, 0.25) is 11.8 Å². The first-order valence-corrected chi connectivity index (χ1v) is 14.5. The average molecular weight is 552 g/mol. The number of hydrogen-bond donors (Lipinski definition) is 1. The van der Waals surface area contributed by atoms with E-state index in [-0.39, 0.29) is 17.3 Å². The molecule has 0 aliphatic carbocycles. The lowest BCUT2D eigenvalue weighted by Gasteiger charge is -2.32. The van der Waals surface area contributed by atoms with Gasteiger partial charge in [-0.15, -0.1) is 0 Å². The summed E-state index contributed by atoms with van der Waals surface area (Å²) in [5, 5.41) is 2.89. The second kappa shape index (κ2) is 13.8. The van der Waals surface area contributed by atoms with Crippen molar-refractivity contribution in [3.63, 3.8) is 0 Å². The molecule has 9 heteroatoms. The van der Waals surface area contributed by atoms with E-state index >= 15 is 0 Å². The van der Waals surface area contributed by atoms with Crippen LogP contribution in [0.25, 0.3) is 0 Å². The van der Waals surface area contributed by atoms with Gasteiger partial charge in [0.1, 0.15) is 18.3 Å². The second-order valence-electron chi connectivity index (χ2n) is 9.30. The summed E-state index contributed by atoms with van der Waals surface area (Å²) in [7, 11) is -2.53. The van der Waals surface area contributed by atoms with Crippen LogP contribution < -0.4 is 14.4 Å². The van der Waals surface area contributed by atoms with Crippen LogP contribution in [0.15, 0.2) is 83.8 Å². The lowest BCUT2D eigenvalue weighted by molar-refractivity contribution is -0.139. The van der Waals surface area contributed by atoms with E-state index < -0.39 is 28.5 Å². The van der Waals surface area contributed by atoms with Gasteiger partial charge in [0.15, 0.2) is 0 Å². The summed E-state index contributed by atoms with van der Waals surface area (Å²) in [6, 6.07) is 21.4. The van der Waals surface area contributed by atoms with Crippen LogP contribution in [0.3, 0.4) is 0 Å². The molecule has 1 atom stereocenters. The first-order chi connectivity index (χ1) is 18.7. The molecule has 0 aromatic heterocycles. The third kappa shape index (κ3) is 7.60. The molecule has 0 radical (unpaired) electrons. The predicted octanol–water partition coefficient (Wildman–Crippen LogP) is 4.53. The number of methoxy groups -OCH3 is 1. The highest BCUT2D eigenvalue weighted by Crippen LogP contribution is 2.27. The maximum absolute atomic E-state index is 14.0. The molecule has 1 N–H and O–H groups in total. The highest BCUT2D eigenvalue weighted by atomic mass is 32.2. The third-order valence-electron chi connectivity index (χ3n) is 6.48. The molecule has 0 saturated heterocycles. The van der Waals surface area contributed by atoms with Gasteiger partial charge < -0.3 is 15.0 Å². The lowest BCUT2D eigenvalue weighted by Crippen LogP contribution is -2.51. The molecule has 0 heterocycles. The number of para-hydroxylation sites is 1. The Balaban J connectivity index is 2.01. The van der Waals surface area contributed by atoms with Gasteiger partial charge in [-0.3, -0.25) is 13.9 Å². The van der Waals surface area contributed by atoms with Crippen LogP contribution in [0.5, 0.6) is 5.75 Å². The van der Waals surface area contributed by atoms with Gasteiger partial charge in [0, 0.05) is 13.1 Å². The van der Waals surface area contributed by atoms with Crippen molar-refractivity contribution in [1.82, 2.24) is 10.2 Å². The Labute approximate surface area is 231 Å². The second-order valence-corrected chi connectivity index (χ2v) is 11.2. The molecule has 0 fully saturated rings. The van der Waals surface area contributed by atoms with E-state index in [1.807, 2.05) is 25.1 Å². The van der Waals surface area contributed by atoms with Crippen LogP contribution in [0.1, 0.15) is 37.8 Å². The number of benzene rings is 3. The van der Waals surface area contributed by atoms with Crippen LogP contribution >= 0.6 is 0 Å². The quantitative estimate of drug-likeness (QED) is 0.315. The van der Waals surface area contributed by atoms with E-state index in [1.54, 1.807) is 69.5 Å². The van der Waals surface area contributed by atoms with Gasteiger partial charge in [0.25, 0.3) is 10.0 Å². The van der Waals surface area contributed by atoms with Gasteiger partial charge in [-0.05, 0) is 61.7 Å². The summed E-state index contributed by atoms with van der Waals surface area (Å²) in [5.41, 5.74) is 1.86. The topological polar surface area (TPSA) is 96.0 Å². The van der Waals surface area contributed by atoms with Gasteiger partial charge in [-0.2, -0.15) is 0 Å². The summed E-state index contributed by atoms with van der Waals surface area (Å²) in [6.07, 6.45) is 1.74. The molecular weight excluding hydrogens is 514 g/mol. The standard InChI is InChI=1S/C30H37N3O5S/c1-5-6-19-31-30(35)24(3)32(21-25-14-12-15-26(20-25)38-4)29(34)22-33(28-18-11-10-13-23(28)2)39(36,37)27-16-8-7-9-17-27/h7-18,20,24H,5-6,19,21-22H2,1-4H3,(H,31,35)/t24-/m1/s1. The minimum atomic E-state index is -4.09. The summed E-state index contributed by atoms with van der Waals surface area (Å²) < 4.78 is 34.1. The molecular formula is C30H37N3O5S. The Bertz CT molecular complexity index is 1360. The fraction of sp³-hybridized carbons (Fsp3) is 0.333. The summed E-state index contributed by atoms with van der Waals surface area (Å²) in [5.74, 6) is -0.181. The number of nitrogens with zero attached hydrogens (tertiary/aromatic N) is 2.